The van der Waals surface area contributed by atoms with Gasteiger partial charge in [0.2, 0.25) is 15.9 Å². The standard InChI is InChI=1S/C40H54ClFN4O6S/c1-5-6-18-44(20-21-51-4)39(48)37-34(42)15-11-27(2)28(3)53(49,50)43-38(47)30-12-16-36-35(23-30)45(24-32-10-8-19-46(32)37)25-40(26-52-36)17-7-9-29-22-31(41)13-14-33(29)40/h12-16,22-23,27-28,32,37H,5-11,17-21,24-26H2,1-4H3,(H,43,47)/b34-15-/t27-,28+,32-,37+,40-/m0/s1. The molecule has 6 rings (SSSR count). The minimum atomic E-state index is -4.14. The highest BCUT2D eigenvalue weighted by Crippen LogP contribution is 2.45. The fraction of sp³-hybridized carbons (Fsp3) is 0.600. The highest BCUT2D eigenvalue weighted by Gasteiger charge is 2.45. The molecule has 0 saturated carbocycles. The van der Waals surface area contributed by atoms with Crippen molar-refractivity contribution < 1.29 is 31.9 Å². The van der Waals surface area contributed by atoms with Gasteiger partial charge in [0.1, 0.15) is 17.6 Å². The van der Waals surface area contributed by atoms with E-state index in [1.54, 1.807) is 37.1 Å². The van der Waals surface area contributed by atoms with Crippen molar-refractivity contribution in [2.75, 3.05) is 57.9 Å². The molecule has 0 aromatic heterocycles. The Labute approximate surface area is 319 Å². The molecule has 1 N–H and O–H groups in total. The average molecular weight is 773 g/mol. The van der Waals surface area contributed by atoms with Crippen molar-refractivity contribution in [3.05, 3.63) is 70.0 Å². The molecule has 2 aromatic rings. The van der Waals surface area contributed by atoms with Gasteiger partial charge < -0.3 is 19.3 Å². The zero-order valence-corrected chi connectivity index (χ0v) is 33.0. The Kier molecular flexibility index (Phi) is 12.4. The molecule has 10 nitrogen and oxygen atoms in total. The molecule has 0 radical (unpaired) electrons. The molecule has 290 valence electrons. The van der Waals surface area contributed by atoms with Crippen LogP contribution in [0.2, 0.25) is 5.02 Å². The summed E-state index contributed by atoms with van der Waals surface area (Å²) in [6, 6.07) is 9.75. The normalized spacial score (nSPS) is 28.5. The second-order valence-electron chi connectivity index (χ2n) is 15.4. The lowest BCUT2D eigenvalue weighted by atomic mass is 9.70. The number of carbonyl (C=O) groups is 2. The number of halogens is 2. The molecule has 3 heterocycles. The Morgan fingerprint density at radius 3 is 2.75 bits per heavy atom. The number of rotatable bonds is 7. The first-order valence-electron chi connectivity index (χ1n) is 19.1. The third-order valence-corrected chi connectivity index (χ3v) is 14.0. The summed E-state index contributed by atoms with van der Waals surface area (Å²) in [5, 5.41) is -0.330. The molecule has 1 fully saturated rings. The number of aryl methyl sites for hydroxylation is 1. The number of nitrogens with one attached hydrogen (secondary N) is 1. The maximum atomic E-state index is 16.9. The van der Waals surface area contributed by atoms with E-state index in [0.717, 1.165) is 44.9 Å². The van der Waals surface area contributed by atoms with Gasteiger partial charge >= 0.3 is 0 Å². The molecular weight excluding hydrogens is 719 g/mol. The van der Waals surface area contributed by atoms with Crippen LogP contribution in [-0.2, 0) is 31.4 Å². The Hall–Kier alpha value is -3.19. The molecule has 1 saturated heterocycles. The average Bonchev–Trinajstić information content (AvgIpc) is 3.52. The maximum Gasteiger partial charge on any atom is 0.264 e. The summed E-state index contributed by atoms with van der Waals surface area (Å²) >= 11 is 6.46. The van der Waals surface area contributed by atoms with Gasteiger partial charge in [-0.2, -0.15) is 0 Å². The van der Waals surface area contributed by atoms with Crippen molar-refractivity contribution in [3.63, 3.8) is 0 Å². The van der Waals surface area contributed by atoms with Gasteiger partial charge in [-0.1, -0.05) is 44.0 Å². The first-order valence-corrected chi connectivity index (χ1v) is 21.1. The van der Waals surface area contributed by atoms with Crippen LogP contribution in [0.4, 0.5) is 10.1 Å². The van der Waals surface area contributed by atoms with Gasteiger partial charge in [0.15, 0.2) is 0 Å². The molecule has 0 unspecified atom stereocenters. The van der Waals surface area contributed by atoms with Crippen LogP contribution in [0.25, 0.3) is 0 Å². The molecule has 1 aliphatic carbocycles. The van der Waals surface area contributed by atoms with Crippen molar-refractivity contribution in [1.82, 2.24) is 14.5 Å². The number of carbonyl (C=O) groups excluding carboxylic acids is 2. The van der Waals surface area contributed by atoms with Crippen LogP contribution in [-0.4, -0.2) is 100 Å². The number of ether oxygens (including phenoxy) is 2. The third-order valence-electron chi connectivity index (χ3n) is 11.8. The number of hydrogen-bond donors (Lipinski definition) is 1. The summed E-state index contributed by atoms with van der Waals surface area (Å²) in [6.45, 7) is 8.37. The van der Waals surface area contributed by atoms with E-state index in [1.165, 1.54) is 24.1 Å². The minimum absolute atomic E-state index is 0.0751. The smallest absolute Gasteiger partial charge is 0.264 e. The lowest BCUT2D eigenvalue weighted by Gasteiger charge is -2.42. The summed E-state index contributed by atoms with van der Waals surface area (Å²) < 4.78 is 58.2. The quantitative estimate of drug-likeness (QED) is 0.352. The zero-order chi connectivity index (χ0) is 37.9. The fourth-order valence-corrected chi connectivity index (χ4v) is 10.0. The molecule has 5 atom stereocenters. The molecule has 2 amide bonds. The summed E-state index contributed by atoms with van der Waals surface area (Å²) in [6.07, 6.45) is 7.37. The van der Waals surface area contributed by atoms with Crippen LogP contribution < -0.4 is 14.4 Å². The van der Waals surface area contributed by atoms with E-state index in [1.807, 2.05) is 17.0 Å². The largest absolute Gasteiger partial charge is 0.490 e. The molecule has 2 aromatic carbocycles. The first kappa shape index (κ1) is 39.5. The van der Waals surface area contributed by atoms with E-state index < -0.39 is 44.4 Å². The molecule has 13 heteroatoms. The molecule has 3 aliphatic heterocycles. The Morgan fingerprint density at radius 2 is 1.98 bits per heavy atom. The lowest BCUT2D eigenvalue weighted by Crippen LogP contribution is -2.55. The predicted octanol–water partition coefficient (Wildman–Crippen LogP) is 6.26. The highest BCUT2D eigenvalue weighted by molar-refractivity contribution is 7.90. The van der Waals surface area contributed by atoms with Crippen LogP contribution >= 0.6 is 11.6 Å². The highest BCUT2D eigenvalue weighted by atomic mass is 35.5. The summed E-state index contributed by atoms with van der Waals surface area (Å²) in [7, 11) is -2.55. The van der Waals surface area contributed by atoms with Gasteiger partial charge in [-0.15, -0.1) is 0 Å². The molecule has 4 aliphatic rings. The van der Waals surface area contributed by atoms with Gasteiger partial charge in [0, 0.05) is 55.3 Å². The van der Waals surface area contributed by atoms with Crippen LogP contribution in [0.15, 0.2) is 48.3 Å². The molecular formula is C40H54ClFN4O6S. The van der Waals surface area contributed by atoms with Crippen LogP contribution in [0, 0.1) is 5.92 Å². The predicted molar refractivity (Wildman–Crippen MR) is 206 cm³/mol. The Bertz CT molecular complexity index is 1800. The van der Waals surface area contributed by atoms with E-state index in [0.29, 0.717) is 62.4 Å². The van der Waals surface area contributed by atoms with Crippen LogP contribution in [0.5, 0.6) is 5.75 Å². The zero-order valence-electron chi connectivity index (χ0n) is 31.4. The van der Waals surface area contributed by atoms with Crippen molar-refractivity contribution in [3.8, 4) is 5.75 Å². The number of sulfonamides is 1. The van der Waals surface area contributed by atoms with Crippen molar-refractivity contribution in [2.45, 2.75) is 94.9 Å². The number of amides is 2. The van der Waals surface area contributed by atoms with Gasteiger partial charge in [-0.25, -0.2) is 17.5 Å². The minimum Gasteiger partial charge on any atom is -0.490 e. The van der Waals surface area contributed by atoms with Crippen LogP contribution in [0.1, 0.15) is 87.2 Å². The summed E-state index contributed by atoms with van der Waals surface area (Å²) in [5.41, 5.74) is 2.82. The second kappa shape index (κ2) is 16.7. The third kappa shape index (κ3) is 8.40. The summed E-state index contributed by atoms with van der Waals surface area (Å²) in [5.74, 6) is -1.58. The van der Waals surface area contributed by atoms with E-state index in [2.05, 4.69) is 22.6 Å². The van der Waals surface area contributed by atoms with Crippen molar-refractivity contribution in [2.24, 2.45) is 5.92 Å². The van der Waals surface area contributed by atoms with Gasteiger partial charge in [-0.3, -0.25) is 14.5 Å². The summed E-state index contributed by atoms with van der Waals surface area (Å²) in [4.78, 5) is 34.1. The second-order valence-corrected chi connectivity index (χ2v) is 17.9. The van der Waals surface area contributed by atoms with Crippen molar-refractivity contribution >= 4 is 39.1 Å². The van der Waals surface area contributed by atoms with Gasteiger partial charge in [0.25, 0.3) is 5.91 Å². The number of methoxy groups -OCH3 is 1. The lowest BCUT2D eigenvalue weighted by molar-refractivity contribution is -0.137. The fourth-order valence-electron chi connectivity index (χ4n) is 8.57. The SMILES string of the molecule is CCCCN(CCOC)C(=O)[C@H]1/C(F)=C/C[C@H](C)[C@@H](C)S(=O)(=O)NC(=O)c2ccc3c(c2)N(C[C@@H]2CCCN21)C[C@@]1(CCCc2cc(Cl)ccc21)CO3. The van der Waals surface area contributed by atoms with Crippen molar-refractivity contribution in [1.29, 1.82) is 0 Å². The number of hydrogen-bond acceptors (Lipinski definition) is 8. The number of unbranched alkanes of at least 4 members (excludes halogenated alkanes) is 1. The van der Waals surface area contributed by atoms with E-state index in [9.17, 15) is 18.0 Å². The maximum absolute atomic E-state index is 16.9. The number of nitrogens with zero attached hydrogens (tertiary/aromatic N) is 3. The monoisotopic (exact) mass is 772 g/mol. The number of anilines is 1. The van der Waals surface area contributed by atoms with E-state index >= 15 is 4.39 Å². The Morgan fingerprint density at radius 1 is 1.17 bits per heavy atom. The number of allylic oxidation sites excluding steroid dienone is 1. The Balaban J connectivity index is 1.47. The van der Waals surface area contributed by atoms with E-state index in [4.69, 9.17) is 21.1 Å². The first-order chi connectivity index (χ1) is 25.4. The van der Waals surface area contributed by atoms with Gasteiger partial charge in [0.05, 0.1) is 24.2 Å². The molecule has 53 heavy (non-hydrogen) atoms. The van der Waals surface area contributed by atoms with E-state index in [-0.39, 0.29) is 23.9 Å². The topological polar surface area (TPSA) is 108 Å². The molecule has 1 spiro atoms. The number of benzene rings is 2. The van der Waals surface area contributed by atoms with Gasteiger partial charge in [-0.05, 0) is 106 Å². The number of fused-ring (bicyclic) bond motifs is 4. The molecule has 2 bridgehead atoms. The van der Waals surface area contributed by atoms with Crippen LogP contribution in [0.3, 0.4) is 0 Å².